The molecule has 0 aromatic carbocycles. The fraction of sp³-hybridized carbons (Fsp3) is 0.500. The molecule has 1 unspecified atom stereocenters. The van der Waals surface area contributed by atoms with Crippen LogP contribution in [-0.2, 0) is 26.7 Å². The van der Waals surface area contributed by atoms with E-state index in [9.17, 15) is 18.5 Å². The van der Waals surface area contributed by atoms with Gasteiger partial charge in [-0.15, -0.1) is 15.7 Å². The fourth-order valence-corrected chi connectivity index (χ4v) is 5.39. The van der Waals surface area contributed by atoms with Crippen LogP contribution in [0.5, 0.6) is 0 Å². The number of carbonyl (C=O) groups excluding carboxylic acids is 1. The Labute approximate surface area is 175 Å². The molecule has 0 radical (unpaired) electrons. The summed E-state index contributed by atoms with van der Waals surface area (Å²) >= 11 is 1.07. The number of rotatable bonds is 6. The third-order valence-electron chi connectivity index (χ3n) is 4.47. The monoisotopic (exact) mass is 441 g/mol. The summed E-state index contributed by atoms with van der Waals surface area (Å²) in [4.78, 5) is 16.8. The van der Waals surface area contributed by atoms with E-state index in [0.29, 0.717) is 22.4 Å². The lowest BCUT2D eigenvalue weighted by Crippen LogP contribution is -2.17. The second kappa shape index (κ2) is 8.59. The maximum atomic E-state index is 14.4. The molecule has 0 spiro atoms. The highest BCUT2D eigenvalue weighted by Gasteiger charge is 2.24. The Kier molecular flexibility index (Phi) is 6.99. The van der Waals surface area contributed by atoms with Crippen LogP contribution in [0.4, 0.5) is 4.39 Å². The number of aromatic nitrogens is 1. The maximum Gasteiger partial charge on any atom is 0.259 e. The number of pyridine rings is 1. The number of amides is 1. The molecule has 0 aliphatic carbocycles. The molecule has 0 fully saturated rings. The Morgan fingerprint density at radius 2 is 1.97 bits per heavy atom. The molecule has 2 rings (SSSR count). The van der Waals surface area contributed by atoms with E-state index in [1.807, 2.05) is 27.7 Å². The van der Waals surface area contributed by atoms with E-state index in [-0.39, 0.29) is 22.5 Å². The first-order valence-corrected chi connectivity index (χ1v) is 11.8. The van der Waals surface area contributed by atoms with Gasteiger partial charge in [-0.2, -0.15) is 0 Å². The normalized spacial score (nSPS) is 14.3. The first-order chi connectivity index (χ1) is 13.2. The van der Waals surface area contributed by atoms with Crippen molar-refractivity contribution in [2.75, 3.05) is 0 Å². The summed E-state index contributed by atoms with van der Waals surface area (Å²) in [6.07, 6.45) is 0.940. The average molecular weight is 442 g/mol. The van der Waals surface area contributed by atoms with Crippen molar-refractivity contribution in [2.24, 2.45) is 9.50 Å². The summed E-state index contributed by atoms with van der Waals surface area (Å²) in [7, 11) is -3.48. The second-order valence-electron chi connectivity index (χ2n) is 8.14. The molecule has 2 aromatic heterocycles. The third-order valence-corrected chi connectivity index (χ3v) is 7.36. The topological polar surface area (TPSA) is 106 Å². The number of hydrogen-bond donors (Lipinski definition) is 2. The lowest BCUT2D eigenvalue weighted by Gasteiger charge is -2.18. The quantitative estimate of drug-likeness (QED) is 0.700. The molecule has 0 aliphatic heterocycles. The van der Waals surface area contributed by atoms with Crippen LogP contribution < -0.4 is 5.14 Å². The van der Waals surface area contributed by atoms with Crippen molar-refractivity contribution in [3.8, 4) is 0 Å². The van der Waals surface area contributed by atoms with Crippen LogP contribution in [0.2, 0.25) is 0 Å². The highest BCUT2D eigenvalue weighted by molar-refractivity contribution is 7.93. The standard InChI is InChI=1S/C20H28FN3O3S2/c1-11(2)18-14(19(12(3)4)23-9-15(18)21)8-16(25)24-29(22,27)17-7-13(10-28-17)20(5,6)26/h7,9-12,26H,8H2,1-6H3,(H2,22,24,25,27). The van der Waals surface area contributed by atoms with Gasteiger partial charge in [-0.25, -0.2) is 13.7 Å². The molecule has 1 amide bonds. The minimum atomic E-state index is -3.48. The van der Waals surface area contributed by atoms with Gasteiger partial charge in [0.25, 0.3) is 5.91 Å². The Bertz CT molecular complexity index is 1030. The van der Waals surface area contributed by atoms with Crippen molar-refractivity contribution < 1.29 is 18.5 Å². The number of thiophene rings is 1. The first-order valence-electron chi connectivity index (χ1n) is 9.30. The van der Waals surface area contributed by atoms with Gasteiger partial charge in [-0.3, -0.25) is 9.78 Å². The Hall–Kier alpha value is -1.68. The number of nitrogens with zero attached hydrogens (tertiary/aromatic N) is 2. The van der Waals surface area contributed by atoms with Gasteiger partial charge in [0.2, 0.25) is 0 Å². The molecule has 9 heteroatoms. The van der Waals surface area contributed by atoms with E-state index in [0.717, 1.165) is 11.3 Å². The number of aliphatic hydroxyl groups is 1. The molecule has 1 atom stereocenters. The van der Waals surface area contributed by atoms with Crippen molar-refractivity contribution in [2.45, 2.75) is 69.6 Å². The predicted molar refractivity (Wildman–Crippen MR) is 114 cm³/mol. The van der Waals surface area contributed by atoms with Gasteiger partial charge in [-0.1, -0.05) is 27.7 Å². The van der Waals surface area contributed by atoms with Gasteiger partial charge < -0.3 is 5.11 Å². The first kappa shape index (κ1) is 23.6. The minimum Gasteiger partial charge on any atom is -0.386 e. The van der Waals surface area contributed by atoms with Crippen molar-refractivity contribution in [3.05, 3.63) is 45.8 Å². The Balaban J connectivity index is 2.46. The lowest BCUT2D eigenvalue weighted by molar-refractivity contribution is -0.117. The summed E-state index contributed by atoms with van der Waals surface area (Å²) in [5.74, 6) is -1.36. The van der Waals surface area contributed by atoms with Gasteiger partial charge in [0.15, 0.2) is 9.92 Å². The van der Waals surface area contributed by atoms with Crippen LogP contribution in [0.15, 0.2) is 26.2 Å². The van der Waals surface area contributed by atoms with E-state index >= 15 is 0 Å². The number of hydrogen-bond acceptors (Lipinski definition) is 5. The second-order valence-corrected chi connectivity index (χ2v) is 11.1. The fourth-order valence-electron chi connectivity index (χ4n) is 3.03. The zero-order chi connectivity index (χ0) is 22.1. The minimum absolute atomic E-state index is 0.0234. The molecule has 3 N–H and O–H groups in total. The molecule has 2 aromatic rings. The zero-order valence-corrected chi connectivity index (χ0v) is 19.2. The number of halogens is 1. The summed E-state index contributed by atoms with van der Waals surface area (Å²) < 4.78 is 31.2. The largest absolute Gasteiger partial charge is 0.386 e. The van der Waals surface area contributed by atoms with E-state index < -0.39 is 27.2 Å². The van der Waals surface area contributed by atoms with E-state index in [1.54, 1.807) is 19.2 Å². The van der Waals surface area contributed by atoms with Crippen LogP contribution in [-0.4, -0.2) is 20.2 Å². The molecule has 0 saturated carbocycles. The molecule has 6 nitrogen and oxygen atoms in total. The van der Waals surface area contributed by atoms with Crippen molar-refractivity contribution >= 4 is 27.2 Å². The Morgan fingerprint density at radius 1 is 1.34 bits per heavy atom. The smallest absolute Gasteiger partial charge is 0.259 e. The van der Waals surface area contributed by atoms with Crippen LogP contribution >= 0.6 is 11.3 Å². The summed E-state index contributed by atoms with van der Waals surface area (Å²) in [6, 6.07) is 1.49. The van der Waals surface area contributed by atoms with E-state index in [1.165, 1.54) is 12.3 Å². The Morgan fingerprint density at radius 3 is 2.45 bits per heavy atom. The highest BCUT2D eigenvalue weighted by Crippen LogP contribution is 2.30. The van der Waals surface area contributed by atoms with Gasteiger partial charge in [0, 0.05) is 5.69 Å². The number of nitrogens with two attached hydrogens (primary N) is 1. The van der Waals surface area contributed by atoms with Crippen molar-refractivity contribution in [1.82, 2.24) is 4.98 Å². The van der Waals surface area contributed by atoms with Crippen molar-refractivity contribution in [3.63, 3.8) is 0 Å². The third kappa shape index (κ3) is 5.48. The predicted octanol–water partition coefficient (Wildman–Crippen LogP) is 4.23. The zero-order valence-electron chi connectivity index (χ0n) is 17.5. The van der Waals surface area contributed by atoms with Crippen LogP contribution in [0.25, 0.3) is 0 Å². The molecule has 0 bridgehead atoms. The summed E-state index contributed by atoms with van der Waals surface area (Å²) in [6.45, 7) is 10.7. The average Bonchev–Trinajstić information content (AvgIpc) is 3.04. The molecule has 160 valence electrons. The van der Waals surface area contributed by atoms with E-state index in [4.69, 9.17) is 5.14 Å². The van der Waals surface area contributed by atoms with Crippen LogP contribution in [0.1, 0.15) is 75.8 Å². The van der Waals surface area contributed by atoms with Crippen molar-refractivity contribution in [1.29, 1.82) is 0 Å². The molecule has 2 heterocycles. The van der Waals surface area contributed by atoms with Gasteiger partial charge in [0.1, 0.15) is 10.0 Å². The molecule has 29 heavy (non-hydrogen) atoms. The maximum absolute atomic E-state index is 14.4. The van der Waals surface area contributed by atoms with Gasteiger partial charge >= 0.3 is 0 Å². The highest BCUT2D eigenvalue weighted by atomic mass is 32.2. The lowest BCUT2D eigenvalue weighted by atomic mass is 9.90. The van der Waals surface area contributed by atoms with Gasteiger partial charge in [0.05, 0.1) is 18.2 Å². The molecule has 0 aliphatic rings. The number of carbonyl (C=O) groups is 1. The van der Waals surface area contributed by atoms with Crippen LogP contribution in [0, 0.1) is 5.82 Å². The van der Waals surface area contributed by atoms with Gasteiger partial charge in [-0.05, 0) is 53.8 Å². The molecular weight excluding hydrogens is 413 g/mol. The summed E-state index contributed by atoms with van der Waals surface area (Å²) in [5.41, 5.74) is 0.915. The SMILES string of the molecule is CC(C)c1ncc(F)c(C(C)C)c1CC(=O)N=S(N)(=O)c1cc(C(C)(C)O)cs1. The molecule has 0 saturated heterocycles. The van der Waals surface area contributed by atoms with E-state index in [2.05, 4.69) is 9.35 Å². The summed E-state index contributed by atoms with van der Waals surface area (Å²) in [5, 5.41) is 17.6. The molecular formula is C20H28FN3O3S2. The van der Waals surface area contributed by atoms with Crippen LogP contribution in [0.3, 0.4) is 0 Å².